The summed E-state index contributed by atoms with van der Waals surface area (Å²) < 4.78 is 1.31. The molecular formula is C20H23N5O4. The monoisotopic (exact) mass is 397 g/mol. The number of hydrogen-bond donors (Lipinski definition) is 3. The maximum absolute atomic E-state index is 12.6. The van der Waals surface area contributed by atoms with Crippen LogP contribution in [-0.2, 0) is 11.2 Å². The number of likely N-dealkylation sites (tertiary alicyclic amines) is 1. The minimum Gasteiger partial charge on any atom is -0.389 e. The third-order valence-electron chi connectivity index (χ3n) is 5.36. The Morgan fingerprint density at radius 3 is 2.83 bits per heavy atom. The number of aryl methyl sites for hydroxylation is 2. The Labute approximate surface area is 166 Å². The van der Waals surface area contributed by atoms with Gasteiger partial charge in [-0.15, -0.1) is 0 Å². The van der Waals surface area contributed by atoms with Crippen molar-refractivity contribution in [1.82, 2.24) is 24.4 Å². The maximum atomic E-state index is 12.6. The summed E-state index contributed by atoms with van der Waals surface area (Å²) in [6.45, 7) is 1.99. The summed E-state index contributed by atoms with van der Waals surface area (Å²) in [7, 11) is 0. The summed E-state index contributed by atoms with van der Waals surface area (Å²) in [5, 5.41) is 10.4. The zero-order chi connectivity index (χ0) is 20.5. The molecule has 29 heavy (non-hydrogen) atoms. The van der Waals surface area contributed by atoms with E-state index < -0.39 is 23.4 Å². The average molecular weight is 397 g/mol. The van der Waals surface area contributed by atoms with Gasteiger partial charge in [0.05, 0.1) is 23.2 Å². The van der Waals surface area contributed by atoms with Crippen LogP contribution in [0.15, 0.2) is 40.1 Å². The van der Waals surface area contributed by atoms with Gasteiger partial charge in [0.2, 0.25) is 5.91 Å². The second-order valence-electron chi connectivity index (χ2n) is 7.47. The molecule has 1 aliphatic heterocycles. The number of benzene rings is 1. The van der Waals surface area contributed by atoms with Crippen LogP contribution in [0.3, 0.4) is 0 Å². The van der Waals surface area contributed by atoms with E-state index in [0.717, 1.165) is 16.9 Å². The van der Waals surface area contributed by atoms with Crippen molar-refractivity contribution in [3.63, 3.8) is 0 Å². The number of amides is 1. The highest BCUT2D eigenvalue weighted by Gasteiger charge is 2.35. The minimum atomic E-state index is -0.864. The van der Waals surface area contributed by atoms with Crippen LogP contribution in [0.2, 0.25) is 0 Å². The van der Waals surface area contributed by atoms with Gasteiger partial charge in [-0.25, -0.2) is 9.78 Å². The summed E-state index contributed by atoms with van der Waals surface area (Å²) in [4.78, 5) is 47.8. The number of nitrogens with one attached hydrogen (secondary N) is 2. The van der Waals surface area contributed by atoms with E-state index in [2.05, 4.69) is 15.0 Å². The fourth-order valence-corrected chi connectivity index (χ4v) is 3.77. The summed E-state index contributed by atoms with van der Waals surface area (Å²) in [5.41, 5.74) is 1.23. The quantitative estimate of drug-likeness (QED) is 0.578. The molecule has 4 rings (SSSR count). The molecule has 0 spiro atoms. The highest BCUT2D eigenvalue weighted by molar-refractivity contribution is 5.77. The van der Waals surface area contributed by atoms with E-state index in [0.29, 0.717) is 24.8 Å². The number of aromatic amines is 2. The number of imidazole rings is 1. The number of aliphatic hydroxyl groups is 1. The molecule has 3 aromatic rings. The van der Waals surface area contributed by atoms with Gasteiger partial charge in [0.15, 0.2) is 0 Å². The third kappa shape index (κ3) is 3.86. The van der Waals surface area contributed by atoms with E-state index in [4.69, 9.17) is 0 Å². The van der Waals surface area contributed by atoms with Crippen molar-refractivity contribution in [1.29, 1.82) is 0 Å². The summed E-state index contributed by atoms with van der Waals surface area (Å²) >= 11 is 0. The van der Waals surface area contributed by atoms with Crippen molar-refractivity contribution in [2.24, 2.45) is 0 Å². The van der Waals surface area contributed by atoms with Crippen LogP contribution in [0.1, 0.15) is 30.3 Å². The van der Waals surface area contributed by atoms with E-state index >= 15 is 0 Å². The van der Waals surface area contributed by atoms with Gasteiger partial charge in [-0.05, 0) is 25.5 Å². The fourth-order valence-electron chi connectivity index (χ4n) is 3.77. The molecule has 1 aromatic carbocycles. The van der Waals surface area contributed by atoms with Crippen molar-refractivity contribution >= 4 is 16.9 Å². The molecule has 0 saturated carbocycles. The zero-order valence-corrected chi connectivity index (χ0v) is 16.1. The highest BCUT2D eigenvalue weighted by Crippen LogP contribution is 2.22. The number of fused-ring (bicyclic) bond motifs is 1. The summed E-state index contributed by atoms with van der Waals surface area (Å²) in [5.74, 6) is 0.769. The second-order valence-corrected chi connectivity index (χ2v) is 7.47. The first-order chi connectivity index (χ1) is 13.9. The fraction of sp³-hybridized carbons (Fsp3) is 0.400. The van der Waals surface area contributed by atoms with E-state index in [1.807, 2.05) is 24.3 Å². The Morgan fingerprint density at radius 2 is 2.03 bits per heavy atom. The lowest BCUT2D eigenvalue weighted by Gasteiger charge is -2.17. The molecule has 0 bridgehead atoms. The topological polar surface area (TPSA) is 124 Å². The minimum absolute atomic E-state index is 0.0724. The number of nitrogens with zero attached hydrogens (tertiary/aromatic N) is 3. The molecule has 3 heterocycles. The number of hydrogen-bond acceptors (Lipinski definition) is 5. The van der Waals surface area contributed by atoms with Crippen LogP contribution < -0.4 is 11.2 Å². The van der Waals surface area contributed by atoms with Gasteiger partial charge in [-0.1, -0.05) is 12.1 Å². The first kappa shape index (κ1) is 19.1. The van der Waals surface area contributed by atoms with Gasteiger partial charge in [0.25, 0.3) is 5.56 Å². The van der Waals surface area contributed by atoms with Gasteiger partial charge in [-0.3, -0.25) is 19.1 Å². The Balaban J connectivity index is 1.36. The molecule has 9 heteroatoms. The molecule has 1 fully saturated rings. The number of H-pyrrole nitrogens is 2. The Morgan fingerprint density at radius 1 is 1.24 bits per heavy atom. The van der Waals surface area contributed by atoms with Crippen molar-refractivity contribution in [2.75, 3.05) is 13.1 Å². The van der Waals surface area contributed by atoms with Crippen LogP contribution >= 0.6 is 0 Å². The van der Waals surface area contributed by atoms with Crippen molar-refractivity contribution < 1.29 is 9.90 Å². The number of carbonyl (C=O) groups excluding carboxylic acids is 1. The van der Waals surface area contributed by atoms with Gasteiger partial charge in [0, 0.05) is 37.7 Å². The van der Waals surface area contributed by atoms with Gasteiger partial charge in [-0.2, -0.15) is 0 Å². The molecule has 9 nitrogen and oxygen atoms in total. The van der Waals surface area contributed by atoms with E-state index in [1.54, 1.807) is 11.8 Å². The molecule has 1 aliphatic rings. The lowest BCUT2D eigenvalue weighted by molar-refractivity contribution is -0.130. The van der Waals surface area contributed by atoms with Crippen molar-refractivity contribution in [3.8, 4) is 0 Å². The lowest BCUT2D eigenvalue weighted by atomic mass is 10.2. The first-order valence-corrected chi connectivity index (χ1v) is 9.64. The first-order valence-electron chi connectivity index (χ1n) is 9.64. The number of para-hydroxylation sites is 2. The number of rotatable bonds is 5. The maximum Gasteiger partial charge on any atom is 0.328 e. The number of carbonyl (C=O) groups is 1. The number of aliphatic hydroxyl groups excluding tert-OH is 1. The highest BCUT2D eigenvalue weighted by atomic mass is 16.3. The molecule has 152 valence electrons. The molecule has 1 saturated heterocycles. The molecule has 0 aliphatic carbocycles. The molecule has 2 aromatic heterocycles. The standard InChI is InChI=1S/C20H23N5O4/c1-12-9-25(20(29)23-19(12)28)15-10-24(11-16(15)26)18(27)8-4-7-17-21-13-5-2-3-6-14(13)22-17/h2-3,5-6,9,15-16,26H,4,7-8,10-11H2,1H3,(H,21,22)(H,23,28,29)/t15-,16-/m1/s1. The molecule has 3 N–H and O–H groups in total. The van der Waals surface area contributed by atoms with Crippen LogP contribution in [-0.4, -0.2) is 54.6 Å². The SMILES string of the molecule is Cc1cn([C@@H]2CN(C(=O)CCCc3nc4ccccc4[nH]3)C[C@H]2O)c(=O)[nH]c1=O. The predicted molar refractivity (Wildman–Crippen MR) is 107 cm³/mol. The van der Waals surface area contributed by atoms with E-state index in [-0.39, 0.29) is 19.0 Å². The van der Waals surface area contributed by atoms with Crippen molar-refractivity contribution in [2.45, 2.75) is 38.3 Å². The zero-order valence-electron chi connectivity index (χ0n) is 16.1. The van der Waals surface area contributed by atoms with Crippen LogP contribution in [0.25, 0.3) is 11.0 Å². The Hall–Kier alpha value is -3.20. The van der Waals surface area contributed by atoms with E-state index in [9.17, 15) is 19.5 Å². The van der Waals surface area contributed by atoms with Crippen LogP contribution in [0.4, 0.5) is 0 Å². The van der Waals surface area contributed by atoms with Gasteiger partial charge in [0.1, 0.15) is 5.82 Å². The molecule has 0 unspecified atom stereocenters. The smallest absolute Gasteiger partial charge is 0.328 e. The van der Waals surface area contributed by atoms with Gasteiger partial charge >= 0.3 is 5.69 Å². The largest absolute Gasteiger partial charge is 0.389 e. The lowest BCUT2D eigenvalue weighted by Crippen LogP contribution is -2.37. The van der Waals surface area contributed by atoms with Gasteiger partial charge < -0.3 is 15.0 Å². The molecule has 0 radical (unpaired) electrons. The number of β-amino-alcohol motifs (C(OH)–C–C–N with tert-alkyl or cyclic N) is 1. The summed E-state index contributed by atoms with van der Waals surface area (Å²) in [6, 6.07) is 7.20. The summed E-state index contributed by atoms with van der Waals surface area (Å²) in [6.07, 6.45) is 2.19. The molecule has 1 amide bonds. The predicted octanol–water partition coefficient (Wildman–Crippen LogP) is 0.488. The molecular weight excluding hydrogens is 374 g/mol. The van der Waals surface area contributed by atoms with E-state index in [1.165, 1.54) is 10.8 Å². The van der Waals surface area contributed by atoms with Crippen LogP contribution in [0.5, 0.6) is 0 Å². The normalized spacial score (nSPS) is 19.2. The van der Waals surface area contributed by atoms with Crippen LogP contribution in [0, 0.1) is 6.92 Å². The molecule has 2 atom stereocenters. The Kier molecular flexibility index (Phi) is 5.06. The number of aromatic nitrogens is 4. The Bertz CT molecular complexity index is 1130. The second kappa shape index (κ2) is 7.67. The van der Waals surface area contributed by atoms with Crippen molar-refractivity contribution in [3.05, 3.63) is 62.7 Å². The average Bonchev–Trinajstić information content (AvgIpc) is 3.27. The third-order valence-corrected chi connectivity index (χ3v) is 5.36.